The molecule has 0 saturated heterocycles. The summed E-state index contributed by atoms with van der Waals surface area (Å²) >= 11 is 0. The summed E-state index contributed by atoms with van der Waals surface area (Å²) in [5.74, 6) is -0.128. The first-order valence-corrected chi connectivity index (χ1v) is 4.85. The molecule has 0 unspecified atom stereocenters. The summed E-state index contributed by atoms with van der Waals surface area (Å²) in [5.41, 5.74) is 0.366. The van der Waals surface area contributed by atoms with Gasteiger partial charge in [-0.15, -0.1) is 23.4 Å². The maximum Gasteiger partial charge on any atom is 0.573 e. The number of hydrogen-bond donors (Lipinski definition) is 1. The lowest BCUT2D eigenvalue weighted by molar-refractivity contribution is -0.274. The summed E-state index contributed by atoms with van der Waals surface area (Å²) in [5, 5.41) is 16.2. The minimum atomic E-state index is -4.74. The number of aromatic nitrogens is 3. The van der Waals surface area contributed by atoms with Crippen molar-refractivity contribution in [1.82, 2.24) is 14.8 Å². The number of alkyl halides is 3. The molecule has 96 valence electrons. The van der Waals surface area contributed by atoms with Crippen LogP contribution in [0.1, 0.15) is 5.82 Å². The second-order valence-electron chi connectivity index (χ2n) is 3.32. The maximum absolute atomic E-state index is 12.1. The van der Waals surface area contributed by atoms with Gasteiger partial charge in [-0.05, 0) is 12.1 Å². The highest BCUT2D eigenvalue weighted by Crippen LogP contribution is 2.24. The quantitative estimate of drug-likeness (QED) is 0.910. The number of nitrogens with zero attached hydrogens (tertiary/aromatic N) is 3. The van der Waals surface area contributed by atoms with E-state index in [1.807, 2.05) is 0 Å². The Morgan fingerprint density at radius 1 is 1.33 bits per heavy atom. The average molecular weight is 259 g/mol. The number of aliphatic hydroxyl groups excluding tert-OH is 1. The lowest BCUT2D eigenvalue weighted by Gasteiger charge is -2.10. The zero-order valence-corrected chi connectivity index (χ0v) is 8.92. The molecule has 0 fully saturated rings. The zero-order chi connectivity index (χ0) is 13.2. The Morgan fingerprint density at radius 2 is 2.11 bits per heavy atom. The van der Waals surface area contributed by atoms with Gasteiger partial charge in [0.25, 0.3) is 0 Å². The first-order valence-electron chi connectivity index (χ1n) is 4.85. The van der Waals surface area contributed by atoms with Gasteiger partial charge in [-0.3, -0.25) is 4.57 Å². The second kappa shape index (κ2) is 4.65. The fraction of sp³-hybridized carbons (Fsp3) is 0.200. The molecule has 1 heterocycles. The smallest absolute Gasteiger partial charge is 0.406 e. The van der Waals surface area contributed by atoms with E-state index in [4.69, 9.17) is 5.11 Å². The molecule has 0 saturated carbocycles. The molecular weight excluding hydrogens is 251 g/mol. The van der Waals surface area contributed by atoms with E-state index in [1.54, 1.807) is 6.07 Å². The van der Waals surface area contributed by atoms with E-state index in [0.29, 0.717) is 5.69 Å². The van der Waals surface area contributed by atoms with Crippen molar-refractivity contribution < 1.29 is 23.0 Å². The molecule has 1 aromatic carbocycles. The van der Waals surface area contributed by atoms with Gasteiger partial charge >= 0.3 is 6.36 Å². The van der Waals surface area contributed by atoms with Crippen molar-refractivity contribution in [1.29, 1.82) is 0 Å². The van der Waals surface area contributed by atoms with Crippen LogP contribution in [-0.2, 0) is 6.61 Å². The summed E-state index contributed by atoms with van der Waals surface area (Å²) < 4.78 is 41.4. The second-order valence-corrected chi connectivity index (χ2v) is 3.32. The predicted molar refractivity (Wildman–Crippen MR) is 54.0 cm³/mol. The number of aliphatic hydroxyl groups is 1. The number of ether oxygens (including phenoxy) is 1. The van der Waals surface area contributed by atoms with Crippen molar-refractivity contribution in [2.75, 3.05) is 0 Å². The molecule has 1 aromatic heterocycles. The van der Waals surface area contributed by atoms with E-state index in [1.165, 1.54) is 29.1 Å². The molecule has 1 N–H and O–H groups in total. The Morgan fingerprint density at radius 3 is 2.78 bits per heavy atom. The van der Waals surface area contributed by atoms with E-state index in [-0.39, 0.29) is 18.2 Å². The van der Waals surface area contributed by atoms with Gasteiger partial charge in [-0.2, -0.15) is 0 Å². The molecule has 8 heteroatoms. The average Bonchev–Trinajstić information content (AvgIpc) is 2.75. The normalized spacial score (nSPS) is 11.6. The van der Waals surface area contributed by atoms with Gasteiger partial charge in [0.05, 0.1) is 5.69 Å². The molecule has 0 aliphatic carbocycles. The van der Waals surface area contributed by atoms with Crippen LogP contribution in [0.4, 0.5) is 13.2 Å². The summed E-state index contributed by atoms with van der Waals surface area (Å²) in [6.07, 6.45) is -3.45. The van der Waals surface area contributed by atoms with Crippen molar-refractivity contribution in [2.24, 2.45) is 0 Å². The largest absolute Gasteiger partial charge is 0.573 e. The van der Waals surface area contributed by atoms with Crippen LogP contribution < -0.4 is 4.74 Å². The highest BCUT2D eigenvalue weighted by Gasteiger charge is 2.31. The number of benzene rings is 1. The van der Waals surface area contributed by atoms with Crippen LogP contribution in [0.3, 0.4) is 0 Å². The fourth-order valence-corrected chi connectivity index (χ4v) is 1.41. The van der Waals surface area contributed by atoms with Crippen LogP contribution in [0, 0.1) is 0 Å². The van der Waals surface area contributed by atoms with Gasteiger partial charge < -0.3 is 9.84 Å². The van der Waals surface area contributed by atoms with Crippen molar-refractivity contribution in [2.45, 2.75) is 13.0 Å². The van der Waals surface area contributed by atoms with Crippen LogP contribution in [0.5, 0.6) is 5.75 Å². The van der Waals surface area contributed by atoms with Gasteiger partial charge in [0, 0.05) is 6.07 Å². The lowest BCUT2D eigenvalue weighted by Crippen LogP contribution is -2.17. The SMILES string of the molecule is OCc1nncn1-c1cccc(OC(F)(F)F)c1. The van der Waals surface area contributed by atoms with Crippen molar-refractivity contribution in [3.8, 4) is 11.4 Å². The lowest BCUT2D eigenvalue weighted by atomic mass is 10.3. The molecule has 0 amide bonds. The third kappa shape index (κ3) is 2.77. The van der Waals surface area contributed by atoms with E-state index in [0.717, 1.165) is 0 Å². The Labute approximate surface area is 99.4 Å². The standard InChI is InChI=1S/C10H8F3N3O2/c11-10(12,13)18-8-3-1-2-7(4-8)16-6-14-15-9(16)5-17/h1-4,6,17H,5H2. The third-order valence-corrected chi connectivity index (χ3v) is 2.09. The topological polar surface area (TPSA) is 60.2 Å². The van der Waals surface area contributed by atoms with Gasteiger partial charge in [-0.25, -0.2) is 0 Å². The fourth-order valence-electron chi connectivity index (χ4n) is 1.41. The molecule has 5 nitrogen and oxygen atoms in total. The van der Waals surface area contributed by atoms with Gasteiger partial charge in [0.2, 0.25) is 0 Å². The van der Waals surface area contributed by atoms with Crippen molar-refractivity contribution >= 4 is 0 Å². The molecular formula is C10H8F3N3O2. The minimum absolute atomic E-state index is 0.221. The minimum Gasteiger partial charge on any atom is -0.406 e. The summed E-state index contributed by atoms with van der Waals surface area (Å²) in [6, 6.07) is 5.30. The number of halogens is 3. The van der Waals surface area contributed by atoms with Gasteiger partial charge in [-0.1, -0.05) is 6.07 Å². The van der Waals surface area contributed by atoms with Crippen LogP contribution in [0.2, 0.25) is 0 Å². The monoisotopic (exact) mass is 259 g/mol. The highest BCUT2D eigenvalue weighted by molar-refractivity contribution is 5.39. The molecule has 0 bridgehead atoms. The molecule has 0 spiro atoms. The Balaban J connectivity index is 2.33. The zero-order valence-electron chi connectivity index (χ0n) is 8.92. The van der Waals surface area contributed by atoms with Crippen LogP contribution >= 0.6 is 0 Å². The molecule has 18 heavy (non-hydrogen) atoms. The molecule has 0 aliphatic rings. The highest BCUT2D eigenvalue weighted by atomic mass is 19.4. The first-order chi connectivity index (χ1) is 8.49. The molecule has 2 aromatic rings. The van der Waals surface area contributed by atoms with Crippen molar-refractivity contribution in [3.05, 3.63) is 36.4 Å². The van der Waals surface area contributed by atoms with Gasteiger partial charge in [0.15, 0.2) is 5.82 Å². The van der Waals surface area contributed by atoms with Crippen LogP contribution in [-0.4, -0.2) is 26.2 Å². The summed E-state index contributed by atoms with van der Waals surface area (Å²) in [6.45, 7) is -0.371. The van der Waals surface area contributed by atoms with E-state index in [2.05, 4.69) is 14.9 Å². The summed E-state index contributed by atoms with van der Waals surface area (Å²) in [4.78, 5) is 0. The van der Waals surface area contributed by atoms with Gasteiger partial charge in [0.1, 0.15) is 18.7 Å². The van der Waals surface area contributed by atoms with E-state index >= 15 is 0 Å². The molecule has 0 aliphatic heterocycles. The Bertz CT molecular complexity index is 539. The number of rotatable bonds is 3. The third-order valence-electron chi connectivity index (χ3n) is 2.09. The predicted octanol–water partition coefficient (Wildman–Crippen LogP) is 1.66. The van der Waals surface area contributed by atoms with E-state index < -0.39 is 6.36 Å². The summed E-state index contributed by atoms with van der Waals surface area (Å²) in [7, 11) is 0. The van der Waals surface area contributed by atoms with Crippen LogP contribution in [0.15, 0.2) is 30.6 Å². The van der Waals surface area contributed by atoms with Crippen molar-refractivity contribution in [3.63, 3.8) is 0 Å². The van der Waals surface area contributed by atoms with E-state index in [9.17, 15) is 13.2 Å². The Hall–Kier alpha value is -2.09. The first kappa shape index (κ1) is 12.4. The molecule has 2 rings (SSSR count). The maximum atomic E-state index is 12.1. The molecule has 0 atom stereocenters. The number of hydrogen-bond acceptors (Lipinski definition) is 4. The van der Waals surface area contributed by atoms with Crippen LogP contribution in [0.25, 0.3) is 5.69 Å². The Kier molecular flexibility index (Phi) is 3.19. The molecule has 0 radical (unpaired) electrons.